The maximum absolute atomic E-state index is 11.3. The maximum atomic E-state index is 11.3. The Morgan fingerprint density at radius 3 is 2.57 bits per heavy atom. The van der Waals surface area contributed by atoms with E-state index in [4.69, 9.17) is 4.74 Å². The van der Waals surface area contributed by atoms with Crippen LogP contribution in [0, 0.1) is 5.92 Å². The van der Waals surface area contributed by atoms with Crippen molar-refractivity contribution in [1.29, 1.82) is 0 Å². The number of amides is 1. The zero-order valence-electron chi connectivity index (χ0n) is 9.41. The predicted molar refractivity (Wildman–Crippen MR) is 56.0 cm³/mol. The number of rotatable bonds is 2. The smallest absolute Gasteiger partial charge is 0.245 e. The third-order valence-electron chi connectivity index (χ3n) is 2.39. The van der Waals surface area contributed by atoms with Crippen LogP contribution >= 0.6 is 0 Å². The highest BCUT2D eigenvalue weighted by atomic mass is 16.5. The van der Waals surface area contributed by atoms with Crippen molar-refractivity contribution < 1.29 is 9.53 Å². The molecular formula is C11H19NO2. The number of carbonyl (C=O) groups excluding carboxylic acids is 1. The molecule has 0 saturated carbocycles. The lowest BCUT2D eigenvalue weighted by Gasteiger charge is -2.15. The van der Waals surface area contributed by atoms with Gasteiger partial charge in [-0.25, -0.2) is 0 Å². The number of ether oxygens (including phenoxy) is 1. The Hall–Kier alpha value is -0.830. The van der Waals surface area contributed by atoms with E-state index in [1.165, 1.54) is 0 Å². The van der Waals surface area contributed by atoms with Crippen molar-refractivity contribution in [2.45, 2.75) is 25.9 Å². The molecule has 1 saturated heterocycles. The average Bonchev–Trinajstić information content (AvgIpc) is 2.41. The summed E-state index contributed by atoms with van der Waals surface area (Å²) in [7, 11) is 3.50. The molecule has 0 aromatic heterocycles. The summed E-state index contributed by atoms with van der Waals surface area (Å²) < 4.78 is 5.57. The van der Waals surface area contributed by atoms with Crippen LogP contribution in [0.1, 0.15) is 20.3 Å². The molecule has 80 valence electrons. The minimum Gasteiger partial charge on any atom is -0.375 e. The number of hydrogen-bond acceptors (Lipinski definition) is 2. The molecule has 1 aliphatic rings. The highest BCUT2D eigenvalue weighted by molar-refractivity contribution is 5.87. The van der Waals surface area contributed by atoms with Crippen molar-refractivity contribution in [1.82, 2.24) is 4.90 Å². The molecule has 1 heterocycles. The van der Waals surface area contributed by atoms with E-state index in [2.05, 4.69) is 13.8 Å². The summed E-state index contributed by atoms with van der Waals surface area (Å²) in [4.78, 5) is 12.8. The van der Waals surface area contributed by atoms with Gasteiger partial charge in [-0.3, -0.25) is 4.79 Å². The zero-order valence-corrected chi connectivity index (χ0v) is 9.41. The second kappa shape index (κ2) is 4.13. The van der Waals surface area contributed by atoms with E-state index in [-0.39, 0.29) is 11.5 Å². The van der Waals surface area contributed by atoms with Crippen molar-refractivity contribution in [3.63, 3.8) is 0 Å². The van der Waals surface area contributed by atoms with Crippen LogP contribution in [0.4, 0.5) is 0 Å². The van der Waals surface area contributed by atoms with E-state index in [1.807, 2.05) is 6.08 Å². The number of carbonyl (C=O) groups is 1. The van der Waals surface area contributed by atoms with Crippen LogP contribution in [0.2, 0.25) is 0 Å². The molecule has 0 N–H and O–H groups in total. The third-order valence-corrected chi connectivity index (χ3v) is 2.39. The molecule has 0 radical (unpaired) electrons. The molecule has 0 spiro atoms. The number of hydrogen-bond donors (Lipinski definition) is 0. The van der Waals surface area contributed by atoms with Gasteiger partial charge in [0, 0.05) is 20.0 Å². The largest absolute Gasteiger partial charge is 0.375 e. The summed E-state index contributed by atoms with van der Waals surface area (Å²) in [5.74, 6) is 0.420. The molecule has 3 heteroatoms. The van der Waals surface area contributed by atoms with Gasteiger partial charge in [0.1, 0.15) is 0 Å². The Labute approximate surface area is 85.7 Å². The fourth-order valence-electron chi connectivity index (χ4n) is 1.57. The number of likely N-dealkylation sites (N-methyl/N-ethyl adjacent to an activating group) is 1. The lowest BCUT2D eigenvalue weighted by Crippen LogP contribution is -2.19. The first-order valence-corrected chi connectivity index (χ1v) is 4.94. The normalized spacial score (nSPS) is 25.6. The van der Waals surface area contributed by atoms with Crippen LogP contribution < -0.4 is 0 Å². The second-order valence-corrected chi connectivity index (χ2v) is 4.63. The molecule has 1 atom stereocenters. The van der Waals surface area contributed by atoms with Crippen molar-refractivity contribution in [2.75, 3.05) is 20.7 Å². The van der Waals surface area contributed by atoms with Crippen LogP contribution in [-0.4, -0.2) is 37.1 Å². The van der Waals surface area contributed by atoms with Gasteiger partial charge < -0.3 is 9.64 Å². The summed E-state index contributed by atoms with van der Waals surface area (Å²) in [5.41, 5.74) is -0.0316. The molecule has 3 nitrogen and oxygen atoms in total. The first-order chi connectivity index (χ1) is 6.41. The van der Waals surface area contributed by atoms with E-state index in [9.17, 15) is 4.79 Å². The van der Waals surface area contributed by atoms with Crippen LogP contribution in [-0.2, 0) is 9.53 Å². The van der Waals surface area contributed by atoms with Gasteiger partial charge in [0.2, 0.25) is 5.91 Å². The summed E-state index contributed by atoms with van der Waals surface area (Å²) in [6.07, 6.45) is 4.58. The molecule has 0 aromatic rings. The minimum atomic E-state index is -0.0316. The number of nitrogens with zero attached hydrogens (tertiary/aromatic N) is 1. The molecule has 0 aromatic carbocycles. The topological polar surface area (TPSA) is 29.5 Å². The minimum absolute atomic E-state index is 0.0316. The monoisotopic (exact) mass is 197 g/mol. The maximum Gasteiger partial charge on any atom is 0.245 e. The van der Waals surface area contributed by atoms with Gasteiger partial charge >= 0.3 is 0 Å². The summed E-state index contributed by atoms with van der Waals surface area (Å²) >= 11 is 0. The van der Waals surface area contributed by atoms with E-state index < -0.39 is 0 Å². The molecular weight excluding hydrogens is 178 g/mol. The van der Waals surface area contributed by atoms with Gasteiger partial charge in [-0.1, -0.05) is 6.08 Å². The molecule has 1 amide bonds. The Bertz CT molecular complexity index is 244. The van der Waals surface area contributed by atoms with Gasteiger partial charge in [0.15, 0.2) is 0 Å². The predicted octanol–water partition coefficient (Wildman–Crippen LogP) is 1.45. The molecule has 1 unspecified atom stereocenters. The Morgan fingerprint density at radius 2 is 2.14 bits per heavy atom. The highest BCUT2D eigenvalue weighted by Crippen LogP contribution is 2.29. The molecule has 1 fully saturated rings. The molecule has 0 aliphatic carbocycles. The van der Waals surface area contributed by atoms with Gasteiger partial charge in [0.05, 0.1) is 12.2 Å². The Kier molecular flexibility index (Phi) is 3.32. The van der Waals surface area contributed by atoms with E-state index in [1.54, 1.807) is 25.1 Å². The highest BCUT2D eigenvalue weighted by Gasteiger charge is 2.30. The van der Waals surface area contributed by atoms with Crippen LogP contribution in [0.3, 0.4) is 0 Å². The fourth-order valence-corrected chi connectivity index (χ4v) is 1.57. The van der Waals surface area contributed by atoms with Crippen molar-refractivity contribution in [3.8, 4) is 0 Å². The summed E-state index contributed by atoms with van der Waals surface area (Å²) in [5, 5.41) is 0. The first-order valence-electron chi connectivity index (χ1n) is 4.94. The molecule has 1 aliphatic heterocycles. The van der Waals surface area contributed by atoms with Crippen LogP contribution in [0.25, 0.3) is 0 Å². The fraction of sp³-hybridized carbons (Fsp3) is 0.727. The van der Waals surface area contributed by atoms with E-state index in [0.717, 1.165) is 13.0 Å². The van der Waals surface area contributed by atoms with Gasteiger partial charge in [-0.15, -0.1) is 0 Å². The standard InChI is InChI=1S/C11H19NO2/c1-11(2)7-9(8-14-11)5-6-10(13)12(3)4/h5-6,9H,7-8H2,1-4H3/b6-5+. The van der Waals surface area contributed by atoms with E-state index >= 15 is 0 Å². The SMILES string of the molecule is CN(C)C(=O)/C=C/C1COC(C)(C)C1. The zero-order chi connectivity index (χ0) is 10.8. The van der Waals surface area contributed by atoms with Crippen molar-refractivity contribution in [2.24, 2.45) is 5.92 Å². The van der Waals surface area contributed by atoms with Crippen molar-refractivity contribution >= 4 is 5.91 Å². The van der Waals surface area contributed by atoms with Gasteiger partial charge in [-0.05, 0) is 26.3 Å². The molecule has 1 rings (SSSR count). The van der Waals surface area contributed by atoms with Gasteiger partial charge in [-0.2, -0.15) is 0 Å². The average molecular weight is 197 g/mol. The van der Waals surface area contributed by atoms with Crippen LogP contribution in [0.5, 0.6) is 0 Å². The quantitative estimate of drug-likeness (QED) is 0.627. The van der Waals surface area contributed by atoms with Crippen LogP contribution in [0.15, 0.2) is 12.2 Å². The van der Waals surface area contributed by atoms with Gasteiger partial charge in [0.25, 0.3) is 0 Å². The lowest BCUT2D eigenvalue weighted by atomic mass is 9.97. The Morgan fingerprint density at radius 1 is 1.50 bits per heavy atom. The Balaban J connectivity index is 2.43. The second-order valence-electron chi connectivity index (χ2n) is 4.63. The first kappa shape index (κ1) is 11.2. The van der Waals surface area contributed by atoms with Crippen molar-refractivity contribution in [3.05, 3.63) is 12.2 Å². The summed E-state index contributed by atoms with van der Waals surface area (Å²) in [6, 6.07) is 0. The van der Waals surface area contributed by atoms with E-state index in [0.29, 0.717) is 5.92 Å². The lowest BCUT2D eigenvalue weighted by molar-refractivity contribution is -0.123. The molecule has 14 heavy (non-hydrogen) atoms. The molecule has 0 bridgehead atoms. The third kappa shape index (κ3) is 3.14. The summed E-state index contributed by atoms with van der Waals surface area (Å²) in [6.45, 7) is 4.88.